The molecular weight excluding hydrogens is 300 g/mol. The number of urea groups is 1. The number of imide groups is 2. The van der Waals surface area contributed by atoms with Crippen LogP contribution in [0.5, 0.6) is 0 Å². The van der Waals surface area contributed by atoms with E-state index in [1.807, 2.05) is 10.6 Å². The fourth-order valence-corrected chi connectivity index (χ4v) is 2.51. The monoisotopic (exact) mass is 318 g/mol. The van der Waals surface area contributed by atoms with Crippen LogP contribution in [-0.2, 0) is 19.1 Å². The van der Waals surface area contributed by atoms with Gasteiger partial charge in [-0.2, -0.15) is 0 Å². The Morgan fingerprint density at radius 2 is 1.70 bits per heavy atom. The molecule has 122 valence electrons. The maximum Gasteiger partial charge on any atom is 0.328 e. The summed E-state index contributed by atoms with van der Waals surface area (Å²) in [4.78, 5) is 48.1. The molecule has 1 unspecified atom stereocenters. The Balaban J connectivity index is 2.46. The summed E-state index contributed by atoms with van der Waals surface area (Å²) >= 11 is 0. The van der Waals surface area contributed by atoms with Gasteiger partial charge in [0.25, 0.3) is 17.4 Å². The second kappa shape index (κ2) is 6.60. The van der Waals surface area contributed by atoms with E-state index in [0.29, 0.717) is 12.0 Å². The van der Waals surface area contributed by atoms with Gasteiger partial charge >= 0.3 is 12.0 Å². The summed E-state index contributed by atoms with van der Waals surface area (Å²) in [6, 6.07) is 7.79. The molecule has 1 aromatic carbocycles. The van der Waals surface area contributed by atoms with Gasteiger partial charge in [-0.25, -0.2) is 4.79 Å². The highest BCUT2D eigenvalue weighted by atomic mass is 16.6. The number of hydrogen-bond acceptors (Lipinski definition) is 5. The van der Waals surface area contributed by atoms with Gasteiger partial charge in [0.1, 0.15) is 0 Å². The van der Waals surface area contributed by atoms with Gasteiger partial charge in [-0.05, 0) is 12.0 Å². The van der Waals surface area contributed by atoms with Crippen LogP contribution in [0, 0.1) is 0 Å². The molecule has 1 heterocycles. The molecule has 4 amide bonds. The number of barbiturate groups is 1. The number of ether oxygens (including phenoxy) is 1. The molecule has 0 aromatic heterocycles. The molecule has 1 aromatic rings. The summed E-state index contributed by atoms with van der Waals surface area (Å²) in [5.74, 6) is -3.31. The van der Waals surface area contributed by atoms with Crippen LogP contribution in [0.3, 0.4) is 0 Å². The number of esters is 1. The van der Waals surface area contributed by atoms with Gasteiger partial charge in [0, 0.05) is 12.3 Å². The topological polar surface area (TPSA) is 102 Å². The van der Waals surface area contributed by atoms with Crippen LogP contribution in [0.15, 0.2) is 30.3 Å². The normalized spacial score (nSPS) is 17.9. The van der Waals surface area contributed by atoms with Crippen molar-refractivity contribution in [1.82, 2.24) is 10.6 Å². The average Bonchev–Trinajstić information content (AvgIpc) is 2.51. The number of nitrogens with one attached hydrogen (secondary N) is 2. The summed E-state index contributed by atoms with van der Waals surface area (Å²) in [6.45, 7) is 3.38. The molecule has 0 radical (unpaired) electrons. The third kappa shape index (κ3) is 3.08. The van der Waals surface area contributed by atoms with E-state index in [0.717, 1.165) is 0 Å². The first-order valence-electron chi connectivity index (χ1n) is 7.35. The van der Waals surface area contributed by atoms with E-state index in [1.165, 1.54) is 0 Å². The van der Waals surface area contributed by atoms with Crippen molar-refractivity contribution in [3.05, 3.63) is 35.9 Å². The average molecular weight is 318 g/mol. The fourth-order valence-electron chi connectivity index (χ4n) is 2.51. The lowest BCUT2D eigenvalue weighted by Gasteiger charge is -2.37. The molecule has 1 saturated heterocycles. The molecule has 1 aliphatic rings. The zero-order valence-corrected chi connectivity index (χ0v) is 12.9. The Morgan fingerprint density at radius 3 is 2.22 bits per heavy atom. The Morgan fingerprint density at radius 1 is 1.13 bits per heavy atom. The quantitative estimate of drug-likeness (QED) is 0.628. The largest absolute Gasteiger partial charge is 0.438 e. The van der Waals surface area contributed by atoms with E-state index >= 15 is 0 Å². The smallest absolute Gasteiger partial charge is 0.328 e. The Labute approximate surface area is 133 Å². The molecule has 0 saturated carbocycles. The van der Waals surface area contributed by atoms with Crippen molar-refractivity contribution in [3.8, 4) is 0 Å². The minimum Gasteiger partial charge on any atom is -0.438 e. The van der Waals surface area contributed by atoms with Gasteiger partial charge in [0.2, 0.25) is 0 Å². The Hall–Kier alpha value is -2.70. The second-order valence-electron chi connectivity index (χ2n) is 5.33. The number of rotatable bonds is 5. The van der Waals surface area contributed by atoms with E-state index in [2.05, 4.69) is 0 Å². The Bertz CT molecular complexity index is 621. The summed E-state index contributed by atoms with van der Waals surface area (Å²) in [6.07, 6.45) is 0.578. The van der Waals surface area contributed by atoms with E-state index in [1.54, 1.807) is 44.2 Å². The number of hydrogen-bond donors (Lipinski definition) is 2. The number of carbonyl (C=O) groups is 4. The van der Waals surface area contributed by atoms with Crippen LogP contribution < -0.4 is 10.6 Å². The summed E-state index contributed by atoms with van der Waals surface area (Å²) in [5.41, 5.74) is -1.47. The van der Waals surface area contributed by atoms with Gasteiger partial charge in [-0.1, -0.05) is 44.2 Å². The van der Waals surface area contributed by atoms with Crippen LogP contribution >= 0.6 is 0 Å². The second-order valence-corrected chi connectivity index (χ2v) is 5.33. The molecule has 7 heteroatoms. The minimum absolute atomic E-state index is 0.0672. The van der Waals surface area contributed by atoms with Crippen molar-refractivity contribution < 1.29 is 23.9 Å². The first-order chi connectivity index (χ1) is 10.9. The van der Waals surface area contributed by atoms with Gasteiger partial charge in [-0.3, -0.25) is 25.0 Å². The van der Waals surface area contributed by atoms with E-state index in [4.69, 9.17) is 4.74 Å². The summed E-state index contributed by atoms with van der Waals surface area (Å²) in [7, 11) is 0. The predicted molar refractivity (Wildman–Crippen MR) is 80.3 cm³/mol. The lowest BCUT2D eigenvalue weighted by Crippen LogP contribution is -2.70. The fraction of sp³-hybridized carbons (Fsp3) is 0.375. The van der Waals surface area contributed by atoms with Crippen LogP contribution in [-0.4, -0.2) is 29.4 Å². The molecular formula is C16H18N2O5. The maximum absolute atomic E-state index is 12.4. The highest BCUT2D eigenvalue weighted by Gasteiger charge is 2.58. The lowest BCUT2D eigenvalue weighted by atomic mass is 9.80. The zero-order chi connectivity index (χ0) is 17.0. The van der Waals surface area contributed by atoms with Crippen molar-refractivity contribution in [3.63, 3.8) is 0 Å². The number of amides is 4. The molecule has 1 atom stereocenters. The lowest BCUT2D eigenvalue weighted by molar-refractivity contribution is -0.178. The third-order valence-electron chi connectivity index (χ3n) is 3.77. The molecule has 0 aliphatic carbocycles. The van der Waals surface area contributed by atoms with Crippen molar-refractivity contribution in [1.29, 1.82) is 0 Å². The highest BCUT2D eigenvalue weighted by molar-refractivity contribution is 6.23. The molecule has 0 bridgehead atoms. The number of benzene rings is 1. The molecule has 2 N–H and O–H groups in total. The van der Waals surface area contributed by atoms with Gasteiger partial charge in [0.05, 0.1) is 0 Å². The van der Waals surface area contributed by atoms with Crippen molar-refractivity contribution in [2.45, 2.75) is 38.2 Å². The summed E-state index contributed by atoms with van der Waals surface area (Å²) in [5, 5.41) is 4.02. The van der Waals surface area contributed by atoms with E-state index in [-0.39, 0.29) is 6.42 Å². The SMILES string of the molecule is CCCC(=O)OC1(C(C)c2ccccc2)C(=O)NC(=O)NC1=O. The molecule has 1 aliphatic heterocycles. The molecule has 23 heavy (non-hydrogen) atoms. The highest BCUT2D eigenvalue weighted by Crippen LogP contribution is 2.34. The van der Waals surface area contributed by atoms with Crippen LogP contribution in [0.4, 0.5) is 4.79 Å². The molecule has 2 rings (SSSR count). The van der Waals surface area contributed by atoms with Crippen LogP contribution in [0.1, 0.15) is 38.2 Å². The first-order valence-corrected chi connectivity index (χ1v) is 7.35. The van der Waals surface area contributed by atoms with Gasteiger partial charge in [-0.15, -0.1) is 0 Å². The Kier molecular flexibility index (Phi) is 4.78. The maximum atomic E-state index is 12.4. The van der Waals surface area contributed by atoms with Crippen molar-refractivity contribution in [2.75, 3.05) is 0 Å². The van der Waals surface area contributed by atoms with Gasteiger partial charge in [0.15, 0.2) is 0 Å². The summed E-state index contributed by atoms with van der Waals surface area (Å²) < 4.78 is 5.29. The standard InChI is InChI=1S/C16H18N2O5/c1-3-7-12(19)23-16(10(2)11-8-5-4-6-9-11)13(20)17-15(22)18-14(16)21/h4-6,8-10H,3,7H2,1-2H3,(H2,17,18,20,21,22). The minimum atomic E-state index is -2.11. The predicted octanol–water partition coefficient (Wildman–Crippen LogP) is 1.24. The van der Waals surface area contributed by atoms with Crippen LogP contribution in [0.2, 0.25) is 0 Å². The zero-order valence-electron chi connectivity index (χ0n) is 12.9. The van der Waals surface area contributed by atoms with E-state index in [9.17, 15) is 19.2 Å². The first kappa shape index (κ1) is 16.7. The number of carbonyl (C=O) groups excluding carboxylic acids is 4. The third-order valence-corrected chi connectivity index (χ3v) is 3.77. The molecule has 1 fully saturated rings. The molecule has 0 spiro atoms. The molecule has 7 nitrogen and oxygen atoms in total. The van der Waals surface area contributed by atoms with Crippen LogP contribution in [0.25, 0.3) is 0 Å². The van der Waals surface area contributed by atoms with E-state index < -0.39 is 35.3 Å². The van der Waals surface area contributed by atoms with Gasteiger partial charge < -0.3 is 4.74 Å². The van der Waals surface area contributed by atoms with Crippen molar-refractivity contribution >= 4 is 23.8 Å². The van der Waals surface area contributed by atoms with Crippen molar-refractivity contribution in [2.24, 2.45) is 0 Å².